The minimum atomic E-state index is -0.270. The van der Waals surface area contributed by atoms with Gasteiger partial charge in [0.25, 0.3) is 5.91 Å². The van der Waals surface area contributed by atoms with Crippen LogP contribution >= 0.6 is 0 Å². The van der Waals surface area contributed by atoms with Gasteiger partial charge in [-0.05, 0) is 25.0 Å². The van der Waals surface area contributed by atoms with Crippen LogP contribution in [0.4, 0.5) is 0 Å². The standard InChI is InChI=1S/C13H17NO3/c1-9(7-15)14-11(8-16)6-10-4-2-3-5-12(10)13(14)17/h2-5,9,11,15-16H,6-8H2,1H3. The van der Waals surface area contributed by atoms with E-state index in [1.165, 1.54) is 0 Å². The summed E-state index contributed by atoms with van der Waals surface area (Å²) in [6.45, 7) is 1.61. The Morgan fingerprint density at radius 1 is 1.41 bits per heavy atom. The highest BCUT2D eigenvalue weighted by atomic mass is 16.3. The van der Waals surface area contributed by atoms with Crippen molar-refractivity contribution in [2.24, 2.45) is 0 Å². The summed E-state index contributed by atoms with van der Waals surface area (Å²) in [7, 11) is 0. The van der Waals surface area contributed by atoms with Crippen molar-refractivity contribution in [3.8, 4) is 0 Å². The molecule has 0 aromatic heterocycles. The molecule has 0 radical (unpaired) electrons. The van der Waals surface area contributed by atoms with Gasteiger partial charge in [-0.3, -0.25) is 4.79 Å². The molecule has 1 aromatic carbocycles. The van der Waals surface area contributed by atoms with Gasteiger partial charge in [0.1, 0.15) is 0 Å². The van der Waals surface area contributed by atoms with E-state index in [1.807, 2.05) is 18.2 Å². The van der Waals surface area contributed by atoms with Gasteiger partial charge in [0, 0.05) is 5.56 Å². The maximum absolute atomic E-state index is 12.3. The Bertz CT molecular complexity index is 419. The van der Waals surface area contributed by atoms with Crippen molar-refractivity contribution in [3.63, 3.8) is 0 Å². The Balaban J connectivity index is 2.39. The highest BCUT2D eigenvalue weighted by Gasteiger charge is 2.34. The largest absolute Gasteiger partial charge is 0.394 e. The average molecular weight is 235 g/mol. The van der Waals surface area contributed by atoms with Crippen molar-refractivity contribution in [1.82, 2.24) is 4.90 Å². The second kappa shape index (κ2) is 4.85. The molecule has 0 bridgehead atoms. The molecule has 1 amide bonds. The number of carbonyl (C=O) groups excluding carboxylic acids is 1. The first kappa shape index (κ1) is 12.1. The molecule has 2 unspecified atom stereocenters. The molecule has 1 heterocycles. The molecule has 92 valence electrons. The number of aliphatic hydroxyl groups excluding tert-OH is 2. The SMILES string of the molecule is CC(CO)N1C(=O)c2ccccc2CC1CO. The lowest BCUT2D eigenvalue weighted by molar-refractivity contribution is 0.0345. The molecule has 0 saturated heterocycles. The molecule has 2 atom stereocenters. The summed E-state index contributed by atoms with van der Waals surface area (Å²) in [6.07, 6.45) is 0.642. The summed E-state index contributed by atoms with van der Waals surface area (Å²) in [4.78, 5) is 13.9. The zero-order valence-electron chi connectivity index (χ0n) is 9.84. The van der Waals surface area contributed by atoms with E-state index in [0.29, 0.717) is 12.0 Å². The van der Waals surface area contributed by atoms with Crippen LogP contribution < -0.4 is 0 Å². The van der Waals surface area contributed by atoms with Crippen molar-refractivity contribution in [2.75, 3.05) is 13.2 Å². The first-order valence-corrected chi connectivity index (χ1v) is 5.81. The zero-order valence-corrected chi connectivity index (χ0v) is 9.84. The third-order valence-corrected chi connectivity index (χ3v) is 3.28. The number of hydrogen-bond acceptors (Lipinski definition) is 3. The third-order valence-electron chi connectivity index (χ3n) is 3.28. The molecule has 0 aliphatic carbocycles. The topological polar surface area (TPSA) is 60.8 Å². The maximum atomic E-state index is 12.3. The summed E-state index contributed by atoms with van der Waals surface area (Å²) in [5.41, 5.74) is 1.65. The number of carbonyl (C=O) groups is 1. The minimum absolute atomic E-state index is 0.0790. The van der Waals surface area contributed by atoms with Crippen molar-refractivity contribution in [2.45, 2.75) is 25.4 Å². The third kappa shape index (κ3) is 2.06. The fourth-order valence-corrected chi connectivity index (χ4v) is 2.36. The van der Waals surface area contributed by atoms with Crippen LogP contribution in [0.1, 0.15) is 22.8 Å². The lowest BCUT2D eigenvalue weighted by Crippen LogP contribution is -2.53. The number of hydrogen-bond donors (Lipinski definition) is 2. The van der Waals surface area contributed by atoms with Crippen molar-refractivity contribution < 1.29 is 15.0 Å². The van der Waals surface area contributed by atoms with Gasteiger partial charge in [0.2, 0.25) is 0 Å². The molecule has 2 N–H and O–H groups in total. The van der Waals surface area contributed by atoms with E-state index >= 15 is 0 Å². The molecule has 0 saturated carbocycles. The Morgan fingerprint density at radius 3 is 2.76 bits per heavy atom. The van der Waals surface area contributed by atoms with Gasteiger partial charge in [0.05, 0.1) is 25.3 Å². The fraction of sp³-hybridized carbons (Fsp3) is 0.462. The van der Waals surface area contributed by atoms with E-state index < -0.39 is 0 Å². The minimum Gasteiger partial charge on any atom is -0.394 e. The summed E-state index contributed by atoms with van der Waals surface area (Å²) in [5.74, 6) is -0.104. The Kier molecular flexibility index (Phi) is 3.45. The molecular formula is C13H17NO3. The number of amides is 1. The maximum Gasteiger partial charge on any atom is 0.254 e. The Morgan fingerprint density at radius 2 is 2.12 bits per heavy atom. The zero-order chi connectivity index (χ0) is 12.4. The number of fused-ring (bicyclic) bond motifs is 1. The normalized spacial score (nSPS) is 21.2. The van der Waals surface area contributed by atoms with Gasteiger partial charge in [-0.25, -0.2) is 0 Å². The fourth-order valence-electron chi connectivity index (χ4n) is 2.36. The van der Waals surface area contributed by atoms with Crippen LogP contribution in [0, 0.1) is 0 Å². The van der Waals surface area contributed by atoms with Gasteiger partial charge in [0.15, 0.2) is 0 Å². The summed E-state index contributed by atoms with van der Waals surface area (Å²) in [6, 6.07) is 6.93. The monoisotopic (exact) mass is 235 g/mol. The van der Waals surface area contributed by atoms with Crippen LogP contribution in [0.2, 0.25) is 0 Å². The van der Waals surface area contributed by atoms with E-state index in [-0.39, 0.29) is 31.2 Å². The molecule has 1 aliphatic rings. The molecule has 1 aliphatic heterocycles. The Labute approximate surface area is 100 Å². The quantitative estimate of drug-likeness (QED) is 0.798. The van der Waals surface area contributed by atoms with Crippen LogP contribution in [-0.2, 0) is 6.42 Å². The lowest BCUT2D eigenvalue weighted by atomic mass is 9.92. The molecule has 4 heteroatoms. The van der Waals surface area contributed by atoms with E-state index in [9.17, 15) is 15.0 Å². The summed E-state index contributed by atoms with van der Waals surface area (Å²) in [5, 5.41) is 18.6. The first-order valence-electron chi connectivity index (χ1n) is 5.81. The molecule has 2 rings (SSSR count). The van der Waals surface area contributed by atoms with Crippen molar-refractivity contribution in [1.29, 1.82) is 0 Å². The summed E-state index contributed by atoms with van der Waals surface area (Å²) >= 11 is 0. The second-order valence-corrected chi connectivity index (χ2v) is 4.44. The first-order chi connectivity index (χ1) is 8.19. The smallest absolute Gasteiger partial charge is 0.254 e. The number of rotatable bonds is 3. The van der Waals surface area contributed by atoms with Gasteiger partial charge in [-0.15, -0.1) is 0 Å². The molecule has 1 aromatic rings. The number of nitrogens with zero attached hydrogens (tertiary/aromatic N) is 1. The predicted octanol–water partition coefficient (Wildman–Crippen LogP) is 0.427. The van der Waals surface area contributed by atoms with Crippen LogP contribution in [0.15, 0.2) is 24.3 Å². The lowest BCUT2D eigenvalue weighted by Gasteiger charge is -2.39. The highest BCUT2D eigenvalue weighted by Crippen LogP contribution is 2.24. The molecule has 0 fully saturated rings. The van der Waals surface area contributed by atoms with Gasteiger partial charge >= 0.3 is 0 Å². The molecule has 17 heavy (non-hydrogen) atoms. The van der Waals surface area contributed by atoms with Crippen LogP contribution in [0.25, 0.3) is 0 Å². The Hall–Kier alpha value is -1.39. The van der Waals surface area contributed by atoms with E-state index in [4.69, 9.17) is 0 Å². The predicted molar refractivity (Wildman–Crippen MR) is 63.7 cm³/mol. The second-order valence-electron chi connectivity index (χ2n) is 4.44. The molecule has 4 nitrogen and oxygen atoms in total. The summed E-state index contributed by atoms with van der Waals surface area (Å²) < 4.78 is 0. The van der Waals surface area contributed by atoms with E-state index in [1.54, 1.807) is 17.9 Å². The molecule has 0 spiro atoms. The van der Waals surface area contributed by atoms with Crippen molar-refractivity contribution >= 4 is 5.91 Å². The highest BCUT2D eigenvalue weighted by molar-refractivity contribution is 5.97. The number of benzene rings is 1. The van der Waals surface area contributed by atoms with E-state index in [2.05, 4.69) is 0 Å². The van der Waals surface area contributed by atoms with Crippen LogP contribution in [0.5, 0.6) is 0 Å². The average Bonchev–Trinajstić information content (AvgIpc) is 2.37. The number of aliphatic hydroxyl groups is 2. The van der Waals surface area contributed by atoms with Gasteiger partial charge < -0.3 is 15.1 Å². The van der Waals surface area contributed by atoms with E-state index in [0.717, 1.165) is 5.56 Å². The van der Waals surface area contributed by atoms with Gasteiger partial charge in [-0.1, -0.05) is 18.2 Å². The van der Waals surface area contributed by atoms with Crippen LogP contribution in [-0.4, -0.2) is 46.3 Å². The van der Waals surface area contributed by atoms with Crippen LogP contribution in [0.3, 0.4) is 0 Å². The molecular weight excluding hydrogens is 218 g/mol. The van der Waals surface area contributed by atoms with Crippen molar-refractivity contribution in [3.05, 3.63) is 35.4 Å². The van der Waals surface area contributed by atoms with Gasteiger partial charge in [-0.2, -0.15) is 0 Å².